The first-order chi connectivity index (χ1) is 11.9. The summed E-state index contributed by atoms with van der Waals surface area (Å²) in [6, 6.07) is 0. The lowest BCUT2D eigenvalue weighted by atomic mass is 10.1. The predicted octanol–water partition coefficient (Wildman–Crippen LogP) is 5.52. The van der Waals surface area contributed by atoms with Gasteiger partial charge in [0.1, 0.15) is 0 Å². The number of carboxylic acid groups (broad SMARTS) is 1. The van der Waals surface area contributed by atoms with Gasteiger partial charge in [0.2, 0.25) is 0 Å². The summed E-state index contributed by atoms with van der Waals surface area (Å²) in [5.41, 5.74) is 0. The Morgan fingerprint density at radius 3 is 2.08 bits per heavy atom. The molecule has 0 aromatic heterocycles. The number of allylic oxidation sites excluding steroid dienone is 1. The van der Waals surface area contributed by atoms with Crippen molar-refractivity contribution in [2.75, 3.05) is 6.26 Å². The number of hydrogen-bond acceptors (Lipinski definition) is 3. The van der Waals surface area contributed by atoms with Crippen LogP contribution in [0.4, 0.5) is 0 Å². The average Bonchev–Trinajstić information content (AvgIpc) is 2.53. The van der Waals surface area contributed by atoms with Crippen molar-refractivity contribution < 1.29 is 18.3 Å². The van der Waals surface area contributed by atoms with Gasteiger partial charge in [-0.2, -0.15) is 0 Å². The minimum atomic E-state index is -3.02. The van der Waals surface area contributed by atoms with Crippen molar-refractivity contribution >= 4 is 15.8 Å². The SMILES string of the molecule is CCCCCCCCC(/C=C\CCCCCCCC(=O)O)S(C)(=O)=O. The molecule has 0 aromatic rings. The summed E-state index contributed by atoms with van der Waals surface area (Å²) >= 11 is 0. The highest BCUT2D eigenvalue weighted by atomic mass is 32.2. The Morgan fingerprint density at radius 2 is 1.48 bits per heavy atom. The van der Waals surface area contributed by atoms with Crippen LogP contribution < -0.4 is 0 Å². The molecule has 0 heterocycles. The molecule has 0 aliphatic heterocycles. The second-order valence-corrected chi connectivity index (χ2v) is 9.32. The van der Waals surface area contributed by atoms with Crippen molar-refractivity contribution in [1.29, 1.82) is 0 Å². The molecule has 0 fully saturated rings. The minimum absolute atomic E-state index is 0.258. The number of carbonyl (C=O) groups is 1. The highest BCUT2D eigenvalue weighted by Crippen LogP contribution is 2.15. The molecule has 1 N–H and O–H groups in total. The lowest BCUT2D eigenvalue weighted by Crippen LogP contribution is -2.17. The predicted molar refractivity (Wildman–Crippen MR) is 106 cm³/mol. The van der Waals surface area contributed by atoms with Crippen LogP contribution in [0.3, 0.4) is 0 Å². The molecule has 0 aliphatic rings. The van der Waals surface area contributed by atoms with Crippen molar-refractivity contribution in [2.24, 2.45) is 0 Å². The van der Waals surface area contributed by atoms with E-state index in [1.807, 2.05) is 12.2 Å². The molecule has 0 spiro atoms. The van der Waals surface area contributed by atoms with Gasteiger partial charge in [-0.05, 0) is 25.7 Å². The lowest BCUT2D eigenvalue weighted by Gasteiger charge is -2.10. The van der Waals surface area contributed by atoms with Gasteiger partial charge in [0.15, 0.2) is 9.84 Å². The first-order valence-corrected chi connectivity index (χ1v) is 11.9. The van der Waals surface area contributed by atoms with Gasteiger partial charge in [-0.3, -0.25) is 4.79 Å². The molecule has 0 radical (unpaired) electrons. The summed E-state index contributed by atoms with van der Waals surface area (Å²) in [4.78, 5) is 10.4. The molecule has 0 saturated heterocycles. The fraction of sp³-hybridized carbons (Fsp3) is 0.850. The second kappa shape index (κ2) is 15.4. The Bertz CT molecular complexity index is 454. The largest absolute Gasteiger partial charge is 0.481 e. The van der Waals surface area contributed by atoms with Gasteiger partial charge < -0.3 is 5.11 Å². The molecule has 25 heavy (non-hydrogen) atoms. The fourth-order valence-electron chi connectivity index (χ4n) is 2.90. The zero-order valence-corrected chi connectivity index (χ0v) is 17.0. The maximum absolute atomic E-state index is 11.9. The van der Waals surface area contributed by atoms with Crippen LogP contribution in [0.2, 0.25) is 0 Å². The van der Waals surface area contributed by atoms with Gasteiger partial charge in [0.05, 0.1) is 5.25 Å². The van der Waals surface area contributed by atoms with E-state index in [1.165, 1.54) is 31.9 Å². The van der Waals surface area contributed by atoms with Crippen LogP contribution in [0, 0.1) is 0 Å². The Balaban J connectivity index is 3.87. The number of rotatable bonds is 17. The smallest absolute Gasteiger partial charge is 0.303 e. The van der Waals surface area contributed by atoms with Gasteiger partial charge in [0, 0.05) is 12.7 Å². The number of carboxylic acids is 1. The third-order valence-electron chi connectivity index (χ3n) is 4.50. The van der Waals surface area contributed by atoms with E-state index in [2.05, 4.69) is 6.92 Å². The van der Waals surface area contributed by atoms with Gasteiger partial charge in [0.25, 0.3) is 0 Å². The molecule has 0 aromatic carbocycles. The van der Waals surface area contributed by atoms with Crippen LogP contribution in [0.5, 0.6) is 0 Å². The summed E-state index contributed by atoms with van der Waals surface area (Å²) in [5.74, 6) is -0.722. The molecule has 0 rings (SSSR count). The monoisotopic (exact) mass is 374 g/mol. The zero-order valence-electron chi connectivity index (χ0n) is 16.2. The molecule has 0 amide bonds. The first kappa shape index (κ1) is 24.2. The van der Waals surface area contributed by atoms with Gasteiger partial charge >= 0.3 is 5.97 Å². The molecule has 4 nitrogen and oxygen atoms in total. The molecular weight excluding hydrogens is 336 g/mol. The minimum Gasteiger partial charge on any atom is -0.481 e. The van der Waals surface area contributed by atoms with E-state index in [1.54, 1.807) is 0 Å². The van der Waals surface area contributed by atoms with E-state index in [0.717, 1.165) is 57.8 Å². The molecule has 1 unspecified atom stereocenters. The van der Waals surface area contributed by atoms with Crippen molar-refractivity contribution in [2.45, 2.75) is 102 Å². The van der Waals surface area contributed by atoms with Crippen LogP contribution in [0.1, 0.15) is 96.8 Å². The van der Waals surface area contributed by atoms with Crippen LogP contribution >= 0.6 is 0 Å². The number of hydrogen-bond donors (Lipinski definition) is 1. The normalized spacial score (nSPS) is 13.4. The maximum Gasteiger partial charge on any atom is 0.303 e. The molecule has 0 bridgehead atoms. The van der Waals surface area contributed by atoms with E-state index < -0.39 is 15.8 Å². The van der Waals surface area contributed by atoms with Crippen LogP contribution in [-0.2, 0) is 14.6 Å². The second-order valence-electron chi connectivity index (χ2n) is 7.05. The van der Waals surface area contributed by atoms with E-state index in [-0.39, 0.29) is 11.7 Å². The van der Waals surface area contributed by atoms with E-state index in [0.29, 0.717) is 0 Å². The summed E-state index contributed by atoms with van der Waals surface area (Å²) in [6.45, 7) is 2.19. The van der Waals surface area contributed by atoms with Crippen LogP contribution in [0.25, 0.3) is 0 Å². The van der Waals surface area contributed by atoms with Crippen LogP contribution in [0.15, 0.2) is 12.2 Å². The molecule has 5 heteroatoms. The lowest BCUT2D eigenvalue weighted by molar-refractivity contribution is -0.137. The number of unbranched alkanes of at least 4 members (excludes halogenated alkanes) is 10. The zero-order chi connectivity index (χ0) is 19.0. The van der Waals surface area contributed by atoms with Gasteiger partial charge in [-0.1, -0.05) is 76.9 Å². The Hall–Kier alpha value is -0.840. The van der Waals surface area contributed by atoms with Crippen molar-refractivity contribution in [3.05, 3.63) is 12.2 Å². The maximum atomic E-state index is 11.9. The molecule has 148 valence electrons. The third kappa shape index (κ3) is 16.4. The van der Waals surface area contributed by atoms with Gasteiger partial charge in [-0.15, -0.1) is 0 Å². The third-order valence-corrected chi connectivity index (χ3v) is 6.00. The highest BCUT2D eigenvalue weighted by Gasteiger charge is 2.16. The first-order valence-electron chi connectivity index (χ1n) is 9.95. The Kier molecular flexibility index (Phi) is 14.9. The summed E-state index contributed by atoms with van der Waals surface area (Å²) < 4.78 is 23.8. The van der Waals surface area contributed by atoms with Crippen LogP contribution in [-0.4, -0.2) is 31.0 Å². The number of aliphatic carboxylic acids is 1. The molecule has 0 aliphatic carbocycles. The summed E-state index contributed by atoms with van der Waals surface area (Å²) in [6.07, 6.45) is 19.1. The summed E-state index contributed by atoms with van der Waals surface area (Å²) in [7, 11) is -3.02. The van der Waals surface area contributed by atoms with Crippen molar-refractivity contribution in [3.63, 3.8) is 0 Å². The highest BCUT2D eigenvalue weighted by molar-refractivity contribution is 7.91. The topological polar surface area (TPSA) is 71.4 Å². The standard InChI is InChI=1S/C20H38O4S/c1-3-4-5-6-10-13-16-19(25(2,23)24)17-14-11-8-7-9-12-15-18-20(21)22/h14,17,19H,3-13,15-16,18H2,1-2H3,(H,21,22)/b17-14-. The van der Waals surface area contributed by atoms with Crippen molar-refractivity contribution in [3.8, 4) is 0 Å². The van der Waals surface area contributed by atoms with E-state index in [4.69, 9.17) is 5.11 Å². The molecular formula is C20H38O4S. The molecule has 1 atom stereocenters. The van der Waals surface area contributed by atoms with Crippen molar-refractivity contribution in [1.82, 2.24) is 0 Å². The average molecular weight is 375 g/mol. The fourth-order valence-corrected chi connectivity index (χ4v) is 3.89. The molecule has 0 saturated carbocycles. The quantitative estimate of drug-likeness (QED) is 0.269. The van der Waals surface area contributed by atoms with E-state index in [9.17, 15) is 13.2 Å². The Morgan fingerprint density at radius 1 is 0.920 bits per heavy atom. The number of sulfone groups is 1. The van der Waals surface area contributed by atoms with E-state index >= 15 is 0 Å². The Labute approximate surface area is 155 Å². The summed E-state index contributed by atoms with van der Waals surface area (Å²) in [5, 5.41) is 8.22. The van der Waals surface area contributed by atoms with Gasteiger partial charge in [-0.25, -0.2) is 8.42 Å².